The van der Waals surface area contributed by atoms with Crippen LogP contribution in [0.25, 0.3) is 0 Å². The molecule has 1 atom stereocenters. The number of carbonyl (C=O) groups is 2. The van der Waals surface area contributed by atoms with E-state index in [-0.39, 0.29) is 18.2 Å². The number of nitrogens with one attached hydrogen (secondary N) is 2. The summed E-state index contributed by atoms with van der Waals surface area (Å²) in [7, 11) is 0. The molecule has 2 aliphatic heterocycles. The summed E-state index contributed by atoms with van der Waals surface area (Å²) >= 11 is 0. The van der Waals surface area contributed by atoms with Gasteiger partial charge >= 0.3 is 0 Å². The third kappa shape index (κ3) is 6.04. The molecule has 6 nitrogen and oxygen atoms in total. The topological polar surface area (TPSA) is 64.7 Å². The minimum atomic E-state index is -0.394. The molecule has 2 fully saturated rings. The minimum absolute atomic E-state index is 0.0412. The van der Waals surface area contributed by atoms with Crippen molar-refractivity contribution in [1.29, 1.82) is 0 Å². The molecule has 2 heterocycles. The van der Waals surface area contributed by atoms with E-state index in [4.69, 9.17) is 0 Å². The Morgan fingerprint density at radius 2 is 1.93 bits per heavy atom. The molecule has 2 aliphatic rings. The fourth-order valence-electron chi connectivity index (χ4n) is 3.88. The van der Waals surface area contributed by atoms with Crippen molar-refractivity contribution in [3.05, 3.63) is 35.9 Å². The van der Waals surface area contributed by atoms with Crippen LogP contribution < -0.4 is 10.6 Å². The Morgan fingerprint density at radius 1 is 1.19 bits per heavy atom. The van der Waals surface area contributed by atoms with Gasteiger partial charge in [-0.1, -0.05) is 37.3 Å². The first-order valence-corrected chi connectivity index (χ1v) is 10.2. The fourth-order valence-corrected chi connectivity index (χ4v) is 3.88. The molecule has 1 aromatic carbocycles. The summed E-state index contributed by atoms with van der Waals surface area (Å²) in [5.41, 5.74) is 1.16. The predicted octanol–water partition coefficient (Wildman–Crippen LogP) is 1.23. The molecule has 2 N–H and O–H groups in total. The van der Waals surface area contributed by atoms with Crippen LogP contribution in [-0.4, -0.2) is 66.9 Å². The summed E-state index contributed by atoms with van der Waals surface area (Å²) in [5, 5.41) is 5.90. The summed E-state index contributed by atoms with van der Waals surface area (Å²) in [4.78, 5) is 29.3. The molecule has 3 rings (SSSR count). The van der Waals surface area contributed by atoms with Crippen molar-refractivity contribution < 1.29 is 9.59 Å². The Morgan fingerprint density at radius 3 is 2.67 bits per heavy atom. The van der Waals surface area contributed by atoms with Crippen LogP contribution in [0.3, 0.4) is 0 Å². The van der Waals surface area contributed by atoms with Crippen LogP contribution in [0, 0.1) is 5.92 Å². The molecule has 0 radical (unpaired) electrons. The number of hydrogen-bond donors (Lipinski definition) is 2. The second-order valence-corrected chi connectivity index (χ2v) is 7.84. The second-order valence-electron chi connectivity index (χ2n) is 7.84. The largest absolute Gasteiger partial charge is 0.355 e. The van der Waals surface area contributed by atoms with Crippen LogP contribution in [0.4, 0.5) is 0 Å². The van der Waals surface area contributed by atoms with Crippen molar-refractivity contribution in [3.8, 4) is 0 Å². The van der Waals surface area contributed by atoms with Gasteiger partial charge in [-0.25, -0.2) is 0 Å². The van der Waals surface area contributed by atoms with E-state index in [9.17, 15) is 9.59 Å². The third-order valence-corrected chi connectivity index (χ3v) is 5.68. The number of benzene rings is 1. The Bertz CT molecular complexity index is 614. The van der Waals surface area contributed by atoms with Gasteiger partial charge in [0.1, 0.15) is 0 Å². The summed E-state index contributed by atoms with van der Waals surface area (Å²) in [6.07, 6.45) is 2.70. The molecule has 0 aromatic heterocycles. The van der Waals surface area contributed by atoms with Crippen molar-refractivity contribution in [2.75, 3.05) is 39.3 Å². The monoisotopic (exact) mass is 372 g/mol. The molecule has 148 valence electrons. The maximum Gasteiger partial charge on any atom is 0.237 e. The van der Waals surface area contributed by atoms with Crippen LogP contribution in [-0.2, 0) is 16.1 Å². The van der Waals surface area contributed by atoms with E-state index in [1.54, 1.807) is 0 Å². The summed E-state index contributed by atoms with van der Waals surface area (Å²) in [6, 6.07) is 9.71. The van der Waals surface area contributed by atoms with E-state index in [2.05, 4.69) is 39.5 Å². The standard InChI is InChI=1S/C21H32N4O2/c1-17-7-11-24(12-8-17)13-9-22-20(26)15-19-21(27)23-10-14-25(19)16-18-5-3-2-4-6-18/h2-6,17,19H,7-16H2,1H3,(H,22,26)(H,23,27). The first kappa shape index (κ1) is 19.8. The van der Waals surface area contributed by atoms with Crippen LogP contribution in [0.15, 0.2) is 30.3 Å². The molecule has 0 aliphatic carbocycles. The fraction of sp³-hybridized carbons (Fsp3) is 0.619. The lowest BCUT2D eigenvalue weighted by Crippen LogP contribution is -2.56. The minimum Gasteiger partial charge on any atom is -0.355 e. The van der Waals surface area contributed by atoms with Gasteiger partial charge in [0.2, 0.25) is 11.8 Å². The summed E-state index contributed by atoms with van der Waals surface area (Å²) < 4.78 is 0. The lowest BCUT2D eigenvalue weighted by Gasteiger charge is -2.34. The first-order valence-electron chi connectivity index (χ1n) is 10.2. The summed E-state index contributed by atoms with van der Waals surface area (Å²) in [6.45, 7) is 8.18. The van der Waals surface area contributed by atoms with Gasteiger partial charge in [-0.3, -0.25) is 14.5 Å². The van der Waals surface area contributed by atoms with Gasteiger partial charge < -0.3 is 15.5 Å². The predicted molar refractivity (Wildman–Crippen MR) is 106 cm³/mol. The molecule has 1 unspecified atom stereocenters. The molecule has 1 aromatic rings. The van der Waals surface area contributed by atoms with Gasteiger partial charge in [0.25, 0.3) is 0 Å². The van der Waals surface area contributed by atoms with E-state index in [1.807, 2.05) is 18.2 Å². The molecule has 0 saturated carbocycles. The second kappa shape index (κ2) is 9.85. The normalized spacial score (nSPS) is 22.4. The van der Waals surface area contributed by atoms with Crippen LogP contribution >= 0.6 is 0 Å². The van der Waals surface area contributed by atoms with E-state index in [0.717, 1.165) is 37.7 Å². The highest BCUT2D eigenvalue weighted by Gasteiger charge is 2.31. The number of nitrogens with zero attached hydrogens (tertiary/aromatic N) is 2. The highest BCUT2D eigenvalue weighted by atomic mass is 16.2. The molecule has 2 saturated heterocycles. The average Bonchev–Trinajstić information content (AvgIpc) is 2.67. The van der Waals surface area contributed by atoms with Gasteiger partial charge in [-0.05, 0) is 37.4 Å². The van der Waals surface area contributed by atoms with Crippen molar-refractivity contribution in [3.63, 3.8) is 0 Å². The average molecular weight is 373 g/mol. The van der Waals surface area contributed by atoms with Crippen molar-refractivity contribution in [2.24, 2.45) is 5.92 Å². The van der Waals surface area contributed by atoms with Crippen LogP contribution in [0.5, 0.6) is 0 Å². The van der Waals surface area contributed by atoms with Gasteiger partial charge in [0, 0.05) is 32.7 Å². The van der Waals surface area contributed by atoms with E-state index in [1.165, 1.54) is 12.8 Å². The molecular weight excluding hydrogens is 340 g/mol. The Labute approximate surface area is 162 Å². The third-order valence-electron chi connectivity index (χ3n) is 5.68. The SMILES string of the molecule is CC1CCN(CCNC(=O)CC2C(=O)NCCN2Cc2ccccc2)CC1. The lowest BCUT2D eigenvalue weighted by molar-refractivity contribution is -0.134. The Hall–Kier alpha value is -1.92. The number of piperazine rings is 1. The first-order chi connectivity index (χ1) is 13.1. The van der Waals surface area contributed by atoms with Crippen molar-refractivity contribution in [1.82, 2.24) is 20.4 Å². The molecule has 27 heavy (non-hydrogen) atoms. The summed E-state index contributed by atoms with van der Waals surface area (Å²) in [5.74, 6) is 0.731. The quantitative estimate of drug-likeness (QED) is 0.756. The number of likely N-dealkylation sites (tertiary alicyclic amines) is 1. The highest BCUT2D eigenvalue weighted by molar-refractivity contribution is 5.88. The maximum atomic E-state index is 12.4. The Kier molecular flexibility index (Phi) is 7.24. The van der Waals surface area contributed by atoms with Gasteiger partial charge in [-0.15, -0.1) is 0 Å². The zero-order valence-electron chi connectivity index (χ0n) is 16.3. The number of hydrogen-bond acceptors (Lipinski definition) is 4. The molecule has 0 bridgehead atoms. The van der Waals surface area contributed by atoms with Crippen LogP contribution in [0.2, 0.25) is 0 Å². The molecule has 2 amide bonds. The molecular formula is C21H32N4O2. The van der Waals surface area contributed by atoms with Crippen molar-refractivity contribution >= 4 is 11.8 Å². The van der Waals surface area contributed by atoms with Gasteiger partial charge in [-0.2, -0.15) is 0 Å². The van der Waals surface area contributed by atoms with E-state index >= 15 is 0 Å². The van der Waals surface area contributed by atoms with Crippen LogP contribution in [0.1, 0.15) is 31.7 Å². The molecule has 0 spiro atoms. The number of amides is 2. The van der Waals surface area contributed by atoms with Gasteiger partial charge in [0.15, 0.2) is 0 Å². The van der Waals surface area contributed by atoms with E-state index in [0.29, 0.717) is 19.6 Å². The molecule has 6 heteroatoms. The Balaban J connectivity index is 1.46. The number of carbonyl (C=O) groups excluding carboxylic acids is 2. The lowest BCUT2D eigenvalue weighted by atomic mass is 9.99. The number of piperidine rings is 1. The van der Waals surface area contributed by atoms with Gasteiger partial charge in [0.05, 0.1) is 12.5 Å². The highest BCUT2D eigenvalue weighted by Crippen LogP contribution is 2.16. The zero-order chi connectivity index (χ0) is 19.1. The smallest absolute Gasteiger partial charge is 0.237 e. The number of rotatable bonds is 7. The zero-order valence-corrected chi connectivity index (χ0v) is 16.3. The van der Waals surface area contributed by atoms with Crippen molar-refractivity contribution in [2.45, 2.75) is 38.8 Å². The van der Waals surface area contributed by atoms with E-state index < -0.39 is 6.04 Å². The maximum absolute atomic E-state index is 12.4.